The lowest BCUT2D eigenvalue weighted by Crippen LogP contribution is -2.26. The lowest BCUT2D eigenvalue weighted by molar-refractivity contribution is -0.385. The zero-order valence-corrected chi connectivity index (χ0v) is 22.7. The van der Waals surface area contributed by atoms with Gasteiger partial charge >= 0.3 is 5.69 Å². The average molecular weight is 532 g/mol. The Labute approximate surface area is 227 Å². The summed E-state index contributed by atoms with van der Waals surface area (Å²) in [6.45, 7) is 9.97. The maximum atomic E-state index is 12.3. The molecular formula is C29H33N5O5. The molecule has 0 atom stereocenters. The number of nitro groups is 1. The molecule has 0 unspecified atom stereocenters. The van der Waals surface area contributed by atoms with Crippen LogP contribution in [-0.2, 0) is 10.2 Å². The van der Waals surface area contributed by atoms with Crippen LogP contribution in [0.3, 0.4) is 0 Å². The number of nitrogens with one attached hydrogen (secondary N) is 1. The van der Waals surface area contributed by atoms with Gasteiger partial charge < -0.3 is 9.84 Å². The highest BCUT2D eigenvalue weighted by atomic mass is 16.6. The van der Waals surface area contributed by atoms with Crippen molar-refractivity contribution < 1.29 is 19.6 Å². The van der Waals surface area contributed by atoms with Gasteiger partial charge in [-0.3, -0.25) is 14.9 Å². The second-order valence-corrected chi connectivity index (χ2v) is 10.9. The van der Waals surface area contributed by atoms with Gasteiger partial charge in [-0.05, 0) is 59.2 Å². The molecule has 10 heteroatoms. The largest absolute Gasteiger partial charge is 0.507 e. The molecule has 2 N–H and O–H groups in total. The monoisotopic (exact) mass is 531 g/mol. The van der Waals surface area contributed by atoms with Crippen LogP contribution in [0.1, 0.15) is 52.2 Å². The van der Waals surface area contributed by atoms with Gasteiger partial charge in [-0.1, -0.05) is 58.9 Å². The van der Waals surface area contributed by atoms with Crippen molar-refractivity contribution in [3.63, 3.8) is 0 Å². The highest BCUT2D eigenvalue weighted by molar-refractivity contribution is 5.86. The number of nitro benzene ring substituents is 1. The number of phenols is 1. The number of carbonyl (C=O) groups is 1. The predicted molar refractivity (Wildman–Crippen MR) is 150 cm³/mol. The SMILES string of the molecule is CC(C)(C)CC(C)(C)c1ccc(OCC(=O)N/N=C/c2cc(N=Nc3ccccc3)ccc2O)c([N+](=O)[O-])c1. The van der Waals surface area contributed by atoms with E-state index >= 15 is 0 Å². The van der Waals surface area contributed by atoms with Crippen molar-refractivity contribution in [3.05, 3.63) is 88.0 Å². The van der Waals surface area contributed by atoms with Crippen LogP contribution >= 0.6 is 0 Å². The topological polar surface area (TPSA) is 139 Å². The standard InChI is InChI=1S/C29H33N5O5/c1-28(2,3)19-29(4,5)21-11-14-26(24(16-21)34(37)38)39-18-27(36)33-30-17-20-15-23(12-13-25(20)35)32-31-22-9-7-6-8-10-22/h6-17,35H,18-19H2,1-5H3,(H,33,36)/b30-17+,32-31?. The van der Waals surface area contributed by atoms with Gasteiger partial charge in [-0.25, -0.2) is 5.43 Å². The van der Waals surface area contributed by atoms with Gasteiger partial charge in [-0.15, -0.1) is 0 Å². The first kappa shape index (κ1) is 29.0. The first-order chi connectivity index (χ1) is 18.3. The van der Waals surface area contributed by atoms with Gasteiger partial charge in [0.15, 0.2) is 12.4 Å². The lowest BCUT2D eigenvalue weighted by atomic mass is 9.72. The number of aromatic hydroxyl groups is 1. The predicted octanol–water partition coefficient (Wildman–Crippen LogP) is 6.96. The summed E-state index contributed by atoms with van der Waals surface area (Å²) < 4.78 is 5.44. The van der Waals surface area contributed by atoms with Crippen LogP contribution in [0.25, 0.3) is 0 Å². The molecule has 1 amide bonds. The second-order valence-electron chi connectivity index (χ2n) is 10.9. The van der Waals surface area contributed by atoms with E-state index in [1.54, 1.807) is 30.3 Å². The summed E-state index contributed by atoms with van der Waals surface area (Å²) in [5.41, 5.74) is 4.11. The van der Waals surface area contributed by atoms with E-state index in [-0.39, 0.29) is 28.0 Å². The molecule has 0 fully saturated rings. The van der Waals surface area contributed by atoms with Crippen LogP contribution in [0.2, 0.25) is 0 Å². The molecule has 10 nitrogen and oxygen atoms in total. The maximum absolute atomic E-state index is 12.3. The van der Waals surface area contributed by atoms with Crippen molar-refractivity contribution in [1.29, 1.82) is 0 Å². The van der Waals surface area contributed by atoms with E-state index in [0.717, 1.165) is 12.0 Å². The van der Waals surface area contributed by atoms with Crippen LogP contribution in [0, 0.1) is 15.5 Å². The third-order valence-corrected chi connectivity index (χ3v) is 5.71. The highest BCUT2D eigenvalue weighted by Crippen LogP contribution is 2.39. The molecule has 0 saturated carbocycles. The molecule has 3 aromatic rings. The Morgan fingerprint density at radius 2 is 1.69 bits per heavy atom. The molecule has 0 heterocycles. The van der Waals surface area contributed by atoms with Gasteiger partial charge in [0.25, 0.3) is 5.91 Å². The molecule has 0 bridgehead atoms. The van der Waals surface area contributed by atoms with E-state index in [4.69, 9.17) is 4.74 Å². The van der Waals surface area contributed by atoms with Crippen LogP contribution in [-0.4, -0.2) is 28.8 Å². The zero-order chi connectivity index (χ0) is 28.6. The highest BCUT2D eigenvalue weighted by Gasteiger charge is 2.30. The number of nitrogens with zero attached hydrogens (tertiary/aromatic N) is 4. The van der Waals surface area contributed by atoms with Crippen molar-refractivity contribution in [2.45, 2.75) is 46.5 Å². The fourth-order valence-electron chi connectivity index (χ4n) is 4.30. The average Bonchev–Trinajstić information content (AvgIpc) is 2.86. The molecule has 0 aliphatic rings. The van der Waals surface area contributed by atoms with Gasteiger partial charge in [0.2, 0.25) is 0 Å². The number of azo groups is 1. The molecule has 0 radical (unpaired) electrons. The van der Waals surface area contributed by atoms with Gasteiger partial charge in [0.1, 0.15) is 5.75 Å². The summed E-state index contributed by atoms with van der Waals surface area (Å²) in [4.78, 5) is 23.5. The summed E-state index contributed by atoms with van der Waals surface area (Å²) in [5, 5.41) is 33.9. The summed E-state index contributed by atoms with van der Waals surface area (Å²) in [7, 11) is 0. The minimum absolute atomic E-state index is 0.0106. The van der Waals surface area contributed by atoms with Gasteiger partial charge in [-0.2, -0.15) is 15.3 Å². The van der Waals surface area contributed by atoms with Crippen molar-refractivity contribution in [1.82, 2.24) is 5.43 Å². The number of amides is 1. The van der Waals surface area contributed by atoms with Crippen LogP contribution in [0.4, 0.5) is 17.1 Å². The Morgan fingerprint density at radius 1 is 1.00 bits per heavy atom. The summed E-state index contributed by atoms with van der Waals surface area (Å²) in [5.74, 6) is -0.700. The molecule has 0 aromatic heterocycles. The number of hydrazone groups is 1. The van der Waals surface area contributed by atoms with Crippen LogP contribution in [0.5, 0.6) is 11.5 Å². The van der Waals surface area contributed by atoms with Crippen molar-refractivity contribution in [2.24, 2.45) is 20.7 Å². The third-order valence-electron chi connectivity index (χ3n) is 5.71. The van der Waals surface area contributed by atoms with Crippen molar-refractivity contribution in [2.75, 3.05) is 6.61 Å². The van der Waals surface area contributed by atoms with E-state index in [0.29, 0.717) is 16.9 Å². The number of carbonyl (C=O) groups excluding carboxylic acids is 1. The fraction of sp³-hybridized carbons (Fsp3) is 0.310. The van der Waals surface area contributed by atoms with E-state index in [2.05, 4.69) is 41.5 Å². The molecule has 204 valence electrons. The van der Waals surface area contributed by atoms with E-state index in [9.17, 15) is 20.0 Å². The first-order valence-electron chi connectivity index (χ1n) is 12.4. The molecule has 0 spiro atoms. The maximum Gasteiger partial charge on any atom is 0.311 e. The third kappa shape index (κ3) is 8.74. The van der Waals surface area contributed by atoms with Crippen LogP contribution < -0.4 is 10.2 Å². The van der Waals surface area contributed by atoms with Gasteiger partial charge in [0.05, 0.1) is 22.5 Å². The van der Waals surface area contributed by atoms with Crippen molar-refractivity contribution >= 4 is 29.2 Å². The normalized spacial score (nSPS) is 12.1. The lowest BCUT2D eigenvalue weighted by Gasteiger charge is -2.33. The summed E-state index contributed by atoms with van der Waals surface area (Å²) >= 11 is 0. The Balaban J connectivity index is 1.63. The van der Waals surface area contributed by atoms with Gasteiger partial charge in [0, 0.05) is 11.6 Å². The number of benzene rings is 3. The Kier molecular flexibility index (Phi) is 9.13. The molecule has 0 aliphatic carbocycles. The summed E-state index contributed by atoms with van der Waals surface area (Å²) in [6.07, 6.45) is 2.08. The zero-order valence-electron chi connectivity index (χ0n) is 22.7. The number of phenolic OH excluding ortho intramolecular Hbond substituents is 1. The number of rotatable bonds is 10. The number of hydrogen-bond donors (Lipinski definition) is 2. The Hall–Kier alpha value is -4.60. The molecule has 0 saturated heterocycles. The molecule has 39 heavy (non-hydrogen) atoms. The number of ether oxygens (including phenoxy) is 1. The van der Waals surface area contributed by atoms with Crippen molar-refractivity contribution in [3.8, 4) is 11.5 Å². The Bertz CT molecular complexity index is 1380. The second kappa shape index (κ2) is 12.3. The van der Waals surface area contributed by atoms with E-state index in [1.807, 2.05) is 32.0 Å². The Morgan fingerprint density at radius 3 is 2.36 bits per heavy atom. The van der Waals surface area contributed by atoms with Crippen LogP contribution in [0.15, 0.2) is 82.1 Å². The first-order valence-corrected chi connectivity index (χ1v) is 12.4. The molecule has 0 aliphatic heterocycles. The quantitative estimate of drug-likeness (QED) is 0.126. The smallest absolute Gasteiger partial charge is 0.311 e. The minimum atomic E-state index is -0.628. The molecular weight excluding hydrogens is 498 g/mol. The fourth-order valence-corrected chi connectivity index (χ4v) is 4.30. The van der Waals surface area contributed by atoms with E-state index < -0.39 is 17.4 Å². The summed E-state index contributed by atoms with van der Waals surface area (Å²) in [6, 6.07) is 18.6. The number of hydrogen-bond acceptors (Lipinski definition) is 8. The molecule has 3 aromatic carbocycles. The van der Waals surface area contributed by atoms with E-state index in [1.165, 1.54) is 24.4 Å². The minimum Gasteiger partial charge on any atom is -0.507 e. The molecule has 3 rings (SSSR count).